The molecule has 0 aromatic heterocycles. The molecule has 0 heterocycles. The van der Waals surface area contributed by atoms with Gasteiger partial charge in [-0.2, -0.15) is 0 Å². The third-order valence-corrected chi connectivity index (χ3v) is 4.06. The molecular weight excluding hydrogens is 226 g/mol. The average molecular weight is 249 g/mol. The number of fused-ring (bicyclic) bond motifs is 1. The predicted molar refractivity (Wildman–Crippen MR) is 72.9 cm³/mol. The Morgan fingerprint density at radius 2 is 2.11 bits per heavy atom. The first-order valence-corrected chi connectivity index (χ1v) is 6.77. The number of rotatable bonds is 4. The lowest BCUT2D eigenvalue weighted by atomic mass is 9.97. The number of benzene rings is 1. The molecule has 0 saturated heterocycles. The van der Waals surface area contributed by atoms with Crippen LogP contribution >= 0.6 is 0 Å². The molecule has 0 fully saturated rings. The molecule has 0 amide bonds. The summed E-state index contributed by atoms with van der Waals surface area (Å²) in [7, 11) is 0. The van der Waals surface area contributed by atoms with Crippen LogP contribution in [-0.4, -0.2) is 22.9 Å². The fourth-order valence-corrected chi connectivity index (χ4v) is 3.08. The average Bonchev–Trinajstić information content (AvgIpc) is 2.69. The Hall–Kier alpha value is -1.06. The molecule has 0 radical (unpaired) electrons. The van der Waals surface area contributed by atoms with Gasteiger partial charge in [0, 0.05) is 17.6 Å². The number of phenols is 1. The van der Waals surface area contributed by atoms with Crippen LogP contribution in [0, 0.1) is 6.92 Å². The summed E-state index contributed by atoms with van der Waals surface area (Å²) in [5.41, 5.74) is 3.56. The van der Waals surface area contributed by atoms with E-state index >= 15 is 0 Å². The first-order valence-electron chi connectivity index (χ1n) is 6.77. The summed E-state index contributed by atoms with van der Waals surface area (Å²) in [6, 6.07) is 4.03. The van der Waals surface area contributed by atoms with Crippen molar-refractivity contribution in [1.29, 1.82) is 0 Å². The van der Waals surface area contributed by atoms with Gasteiger partial charge in [-0.1, -0.05) is 19.9 Å². The van der Waals surface area contributed by atoms with E-state index in [1.807, 2.05) is 6.07 Å². The zero-order valence-electron chi connectivity index (χ0n) is 11.4. The van der Waals surface area contributed by atoms with Gasteiger partial charge in [0.15, 0.2) is 0 Å². The summed E-state index contributed by atoms with van der Waals surface area (Å²) in [5, 5.41) is 22.9. The molecule has 1 aromatic rings. The van der Waals surface area contributed by atoms with E-state index in [1.54, 1.807) is 6.07 Å². The van der Waals surface area contributed by atoms with Crippen LogP contribution in [0.5, 0.6) is 5.75 Å². The van der Waals surface area contributed by atoms with E-state index < -0.39 is 0 Å². The van der Waals surface area contributed by atoms with Crippen molar-refractivity contribution in [2.24, 2.45) is 0 Å². The second-order valence-corrected chi connectivity index (χ2v) is 5.37. The first kappa shape index (κ1) is 13.4. The molecule has 3 unspecified atom stereocenters. The van der Waals surface area contributed by atoms with Crippen LogP contribution in [0.4, 0.5) is 0 Å². The van der Waals surface area contributed by atoms with Gasteiger partial charge < -0.3 is 15.5 Å². The number of nitrogens with one attached hydrogen (secondary N) is 1. The topological polar surface area (TPSA) is 52.5 Å². The lowest BCUT2D eigenvalue weighted by molar-refractivity contribution is 0.226. The van der Waals surface area contributed by atoms with E-state index in [-0.39, 0.29) is 18.7 Å². The lowest BCUT2D eigenvalue weighted by Gasteiger charge is -2.21. The fraction of sp³-hybridized carbons (Fsp3) is 0.600. The number of aryl methyl sites for hydroxylation is 1. The Bertz CT molecular complexity index is 427. The molecule has 1 aromatic carbocycles. The maximum atomic E-state index is 10.1. The largest absolute Gasteiger partial charge is 0.508 e. The molecule has 3 heteroatoms. The molecule has 18 heavy (non-hydrogen) atoms. The van der Waals surface area contributed by atoms with Gasteiger partial charge in [0.2, 0.25) is 0 Å². The number of aliphatic hydroxyl groups excluding tert-OH is 1. The van der Waals surface area contributed by atoms with E-state index in [4.69, 9.17) is 0 Å². The summed E-state index contributed by atoms with van der Waals surface area (Å²) < 4.78 is 0. The molecule has 1 aliphatic carbocycles. The normalized spacial score (nSPS) is 24.0. The molecule has 3 nitrogen and oxygen atoms in total. The minimum absolute atomic E-state index is 0.105. The molecule has 3 atom stereocenters. The predicted octanol–water partition coefficient (Wildman–Crippen LogP) is 2.61. The van der Waals surface area contributed by atoms with Gasteiger partial charge in [-0.25, -0.2) is 0 Å². The quantitative estimate of drug-likeness (QED) is 0.769. The van der Waals surface area contributed by atoms with Gasteiger partial charge in [0.25, 0.3) is 0 Å². The van der Waals surface area contributed by atoms with Gasteiger partial charge >= 0.3 is 0 Å². The molecule has 3 N–H and O–H groups in total. The molecule has 1 aliphatic rings. The van der Waals surface area contributed by atoms with Crippen molar-refractivity contribution in [1.82, 2.24) is 5.32 Å². The monoisotopic (exact) mass is 249 g/mol. The van der Waals surface area contributed by atoms with Crippen LogP contribution in [0.2, 0.25) is 0 Å². The highest BCUT2D eigenvalue weighted by Crippen LogP contribution is 2.46. The van der Waals surface area contributed by atoms with E-state index in [0.717, 1.165) is 18.4 Å². The van der Waals surface area contributed by atoms with Crippen LogP contribution in [0.25, 0.3) is 0 Å². The summed E-state index contributed by atoms with van der Waals surface area (Å²) in [5.74, 6) is 0.839. The van der Waals surface area contributed by atoms with Crippen molar-refractivity contribution in [3.63, 3.8) is 0 Å². The number of aromatic hydroxyl groups is 1. The fourth-order valence-electron chi connectivity index (χ4n) is 3.08. The zero-order valence-corrected chi connectivity index (χ0v) is 11.4. The standard InChI is InChI=1S/C15H23NO2/c1-4-11(8-17)16-12-7-10(3)14-9(2)5-6-13(18)15(12)14/h5-6,10-12,16-18H,4,7-8H2,1-3H3. The smallest absolute Gasteiger partial charge is 0.120 e. The first-order chi connectivity index (χ1) is 8.58. The van der Waals surface area contributed by atoms with E-state index in [1.165, 1.54) is 11.1 Å². The van der Waals surface area contributed by atoms with Crippen molar-refractivity contribution < 1.29 is 10.2 Å². The Morgan fingerprint density at radius 3 is 2.72 bits per heavy atom. The highest BCUT2D eigenvalue weighted by molar-refractivity contribution is 5.50. The molecule has 0 bridgehead atoms. The van der Waals surface area contributed by atoms with Crippen molar-refractivity contribution in [3.8, 4) is 5.75 Å². The third-order valence-electron chi connectivity index (χ3n) is 4.06. The summed E-state index contributed by atoms with van der Waals surface area (Å²) in [4.78, 5) is 0. The number of hydrogen-bond acceptors (Lipinski definition) is 3. The van der Waals surface area contributed by atoms with Gasteiger partial charge in [0.05, 0.1) is 6.61 Å². The van der Waals surface area contributed by atoms with Crippen LogP contribution in [0.15, 0.2) is 12.1 Å². The minimum atomic E-state index is 0.105. The van der Waals surface area contributed by atoms with E-state index in [2.05, 4.69) is 26.1 Å². The maximum absolute atomic E-state index is 10.1. The Kier molecular flexibility index (Phi) is 3.93. The summed E-state index contributed by atoms with van der Waals surface area (Å²) in [6.07, 6.45) is 1.88. The molecular formula is C15H23NO2. The van der Waals surface area contributed by atoms with Crippen molar-refractivity contribution in [2.75, 3.05) is 6.61 Å². The van der Waals surface area contributed by atoms with Crippen molar-refractivity contribution in [3.05, 3.63) is 28.8 Å². The Labute approximate surface area is 109 Å². The van der Waals surface area contributed by atoms with Gasteiger partial charge in [0.1, 0.15) is 5.75 Å². The van der Waals surface area contributed by atoms with Gasteiger partial charge in [-0.05, 0) is 42.9 Å². The van der Waals surface area contributed by atoms with Crippen LogP contribution < -0.4 is 5.32 Å². The minimum Gasteiger partial charge on any atom is -0.508 e. The molecule has 100 valence electrons. The zero-order chi connectivity index (χ0) is 13.3. The highest BCUT2D eigenvalue weighted by Gasteiger charge is 2.32. The highest BCUT2D eigenvalue weighted by atomic mass is 16.3. The summed E-state index contributed by atoms with van der Waals surface area (Å²) in [6.45, 7) is 6.50. The van der Waals surface area contributed by atoms with Crippen molar-refractivity contribution >= 4 is 0 Å². The third kappa shape index (κ3) is 2.25. The Morgan fingerprint density at radius 1 is 1.39 bits per heavy atom. The van der Waals surface area contributed by atoms with Crippen molar-refractivity contribution in [2.45, 2.75) is 51.6 Å². The van der Waals surface area contributed by atoms with Crippen LogP contribution in [0.3, 0.4) is 0 Å². The molecule has 0 saturated carbocycles. The summed E-state index contributed by atoms with van der Waals surface area (Å²) >= 11 is 0. The number of aliphatic hydroxyl groups is 1. The molecule has 0 aliphatic heterocycles. The second-order valence-electron chi connectivity index (χ2n) is 5.37. The number of hydrogen-bond donors (Lipinski definition) is 3. The SMILES string of the molecule is CCC(CO)NC1CC(C)c2c(C)ccc(O)c21. The van der Waals surface area contributed by atoms with Crippen LogP contribution in [0.1, 0.15) is 55.3 Å². The van der Waals surface area contributed by atoms with Crippen LogP contribution in [-0.2, 0) is 0 Å². The Balaban J connectivity index is 2.32. The van der Waals surface area contributed by atoms with E-state index in [0.29, 0.717) is 11.7 Å². The maximum Gasteiger partial charge on any atom is 0.120 e. The molecule has 2 rings (SSSR count). The number of phenolic OH excluding ortho intramolecular Hbond substituents is 1. The lowest BCUT2D eigenvalue weighted by Crippen LogP contribution is -2.34. The van der Waals surface area contributed by atoms with Gasteiger partial charge in [-0.3, -0.25) is 0 Å². The molecule has 0 spiro atoms. The second kappa shape index (κ2) is 5.29. The van der Waals surface area contributed by atoms with E-state index in [9.17, 15) is 10.2 Å². The van der Waals surface area contributed by atoms with Gasteiger partial charge in [-0.15, -0.1) is 0 Å².